The van der Waals surface area contributed by atoms with Gasteiger partial charge in [-0.05, 0) is 31.0 Å². The van der Waals surface area contributed by atoms with Gasteiger partial charge in [0.1, 0.15) is 12.1 Å². The molecule has 2 aromatic rings. The number of benzene rings is 1. The second-order valence-corrected chi connectivity index (χ2v) is 5.76. The predicted octanol–water partition coefficient (Wildman–Crippen LogP) is 2.39. The molecule has 120 valence electrons. The first-order chi connectivity index (χ1) is 11.0. The van der Waals surface area contributed by atoms with Crippen LogP contribution >= 0.6 is 11.6 Å². The number of aryl methyl sites for hydroxylation is 1. The third-order valence-electron chi connectivity index (χ3n) is 3.91. The Balaban J connectivity index is 1.93. The van der Waals surface area contributed by atoms with Crippen molar-refractivity contribution in [3.05, 3.63) is 46.6 Å². The van der Waals surface area contributed by atoms with Crippen LogP contribution in [0.25, 0.3) is 0 Å². The Morgan fingerprint density at radius 2 is 2.00 bits per heavy atom. The van der Waals surface area contributed by atoms with Crippen molar-refractivity contribution in [2.45, 2.75) is 32.4 Å². The van der Waals surface area contributed by atoms with E-state index in [1.54, 1.807) is 31.2 Å². The second kappa shape index (κ2) is 5.66. The van der Waals surface area contributed by atoms with Crippen LogP contribution in [0, 0.1) is 6.92 Å². The number of imide groups is 1. The molecule has 1 N–H and O–H groups in total. The summed E-state index contributed by atoms with van der Waals surface area (Å²) in [4.78, 5) is 30.3. The molecule has 2 heterocycles. The first-order valence-electron chi connectivity index (χ1n) is 7.15. The van der Waals surface area contributed by atoms with Crippen LogP contribution in [0.15, 0.2) is 28.8 Å². The van der Waals surface area contributed by atoms with Crippen LogP contribution in [0.2, 0.25) is 5.02 Å². The maximum atomic E-state index is 12.9. The van der Waals surface area contributed by atoms with Crippen molar-refractivity contribution in [2.24, 2.45) is 0 Å². The van der Waals surface area contributed by atoms with E-state index in [1.807, 2.05) is 6.92 Å². The largest absolute Gasteiger partial charge is 0.337 e. The molecule has 0 aliphatic carbocycles. The van der Waals surface area contributed by atoms with Crippen molar-refractivity contribution in [1.82, 2.24) is 20.4 Å². The van der Waals surface area contributed by atoms with Gasteiger partial charge in [-0.1, -0.05) is 35.8 Å². The van der Waals surface area contributed by atoms with Gasteiger partial charge >= 0.3 is 6.03 Å². The van der Waals surface area contributed by atoms with Gasteiger partial charge in [-0.25, -0.2) is 4.79 Å². The smallest absolute Gasteiger partial charge is 0.325 e. The second-order valence-electron chi connectivity index (χ2n) is 5.32. The molecule has 0 saturated carbocycles. The minimum atomic E-state index is -1.10. The van der Waals surface area contributed by atoms with E-state index in [4.69, 9.17) is 16.1 Å². The fourth-order valence-electron chi connectivity index (χ4n) is 2.68. The monoisotopic (exact) mass is 334 g/mol. The highest BCUT2D eigenvalue weighted by Crippen LogP contribution is 2.33. The molecule has 1 aliphatic heterocycles. The fraction of sp³-hybridized carbons (Fsp3) is 0.333. The van der Waals surface area contributed by atoms with Crippen LogP contribution in [0.4, 0.5) is 4.79 Å². The number of amides is 3. The third-order valence-corrected chi connectivity index (χ3v) is 4.16. The minimum absolute atomic E-state index is 0.0547. The van der Waals surface area contributed by atoms with Crippen molar-refractivity contribution in [3.63, 3.8) is 0 Å². The van der Waals surface area contributed by atoms with E-state index in [2.05, 4.69) is 15.5 Å². The Bertz CT molecular complexity index is 758. The molecule has 23 heavy (non-hydrogen) atoms. The summed E-state index contributed by atoms with van der Waals surface area (Å²) < 4.78 is 4.99. The lowest BCUT2D eigenvalue weighted by Crippen LogP contribution is -2.43. The summed E-state index contributed by atoms with van der Waals surface area (Å²) in [5.41, 5.74) is -0.413. The number of carbonyl (C=O) groups excluding carboxylic acids is 2. The molecular formula is C15H15ClN4O3. The molecule has 8 heteroatoms. The van der Waals surface area contributed by atoms with Gasteiger partial charge in [-0.15, -0.1) is 0 Å². The van der Waals surface area contributed by atoms with E-state index >= 15 is 0 Å². The lowest BCUT2D eigenvalue weighted by molar-refractivity contribution is -0.132. The van der Waals surface area contributed by atoms with Crippen LogP contribution in [-0.4, -0.2) is 27.0 Å². The van der Waals surface area contributed by atoms with Crippen molar-refractivity contribution < 1.29 is 14.1 Å². The summed E-state index contributed by atoms with van der Waals surface area (Å²) in [6.07, 6.45) is 0.415. The summed E-state index contributed by atoms with van der Waals surface area (Å²) in [7, 11) is 0. The summed E-state index contributed by atoms with van der Waals surface area (Å²) in [5, 5.41) is 7.01. The van der Waals surface area contributed by atoms with Gasteiger partial charge in [0, 0.05) is 5.02 Å². The van der Waals surface area contributed by atoms with Crippen LogP contribution in [0.5, 0.6) is 0 Å². The van der Waals surface area contributed by atoms with Gasteiger partial charge in [0.05, 0.1) is 0 Å². The molecule has 0 unspecified atom stereocenters. The SMILES string of the molecule is CC[C@@]1(c2ccc(Cl)cc2)NC(=O)N(Cc2nc(C)no2)C1=O. The molecule has 0 spiro atoms. The first kappa shape index (κ1) is 15.5. The average Bonchev–Trinajstić information content (AvgIpc) is 3.05. The Labute approximate surface area is 137 Å². The van der Waals surface area contributed by atoms with Gasteiger partial charge in [0.25, 0.3) is 5.91 Å². The number of nitrogens with zero attached hydrogens (tertiary/aromatic N) is 3. The molecule has 1 atom stereocenters. The Morgan fingerprint density at radius 1 is 1.30 bits per heavy atom. The van der Waals surface area contributed by atoms with Crippen molar-refractivity contribution in [1.29, 1.82) is 0 Å². The molecule has 3 amide bonds. The maximum Gasteiger partial charge on any atom is 0.325 e. The Kier molecular flexibility index (Phi) is 3.81. The van der Waals surface area contributed by atoms with E-state index in [0.29, 0.717) is 22.8 Å². The lowest BCUT2D eigenvalue weighted by atomic mass is 9.87. The van der Waals surface area contributed by atoms with Gasteiger partial charge in [-0.2, -0.15) is 4.98 Å². The number of nitrogens with one attached hydrogen (secondary N) is 1. The highest BCUT2D eigenvalue weighted by Gasteiger charge is 2.51. The van der Waals surface area contributed by atoms with Gasteiger partial charge in [0.2, 0.25) is 5.89 Å². The van der Waals surface area contributed by atoms with Crippen molar-refractivity contribution in [3.8, 4) is 0 Å². The van der Waals surface area contributed by atoms with Gasteiger partial charge in [0.15, 0.2) is 5.82 Å². The molecule has 7 nitrogen and oxygen atoms in total. The van der Waals surface area contributed by atoms with Crippen LogP contribution < -0.4 is 5.32 Å². The van der Waals surface area contributed by atoms with Crippen molar-refractivity contribution >= 4 is 23.5 Å². The zero-order valence-electron chi connectivity index (χ0n) is 12.7. The molecule has 0 radical (unpaired) electrons. The molecule has 1 aromatic heterocycles. The third kappa shape index (κ3) is 2.57. The molecular weight excluding hydrogens is 320 g/mol. The van der Waals surface area contributed by atoms with Gasteiger partial charge in [-0.3, -0.25) is 9.69 Å². The number of aromatic nitrogens is 2. The lowest BCUT2D eigenvalue weighted by Gasteiger charge is -2.25. The summed E-state index contributed by atoms with van der Waals surface area (Å²) in [6, 6.07) is 6.38. The Hall–Kier alpha value is -2.41. The Morgan fingerprint density at radius 3 is 2.57 bits per heavy atom. The number of hydrogen-bond donors (Lipinski definition) is 1. The molecule has 1 fully saturated rings. The van der Waals surface area contributed by atoms with Crippen LogP contribution in [0.3, 0.4) is 0 Å². The molecule has 3 rings (SSSR count). The van der Waals surface area contributed by atoms with Crippen LogP contribution in [-0.2, 0) is 16.9 Å². The zero-order valence-corrected chi connectivity index (χ0v) is 13.4. The summed E-state index contributed by atoms with van der Waals surface area (Å²) >= 11 is 5.90. The number of hydrogen-bond acceptors (Lipinski definition) is 5. The van der Waals surface area contributed by atoms with E-state index in [0.717, 1.165) is 4.90 Å². The quantitative estimate of drug-likeness (QED) is 0.867. The molecule has 1 aliphatic rings. The summed E-state index contributed by atoms with van der Waals surface area (Å²) in [6.45, 7) is 3.46. The van der Waals surface area contributed by atoms with E-state index in [9.17, 15) is 9.59 Å². The first-order valence-corrected chi connectivity index (χ1v) is 7.53. The van der Waals surface area contributed by atoms with Crippen molar-refractivity contribution in [2.75, 3.05) is 0 Å². The number of rotatable bonds is 4. The number of carbonyl (C=O) groups is 2. The summed E-state index contributed by atoms with van der Waals surface area (Å²) in [5.74, 6) is 0.323. The topological polar surface area (TPSA) is 88.3 Å². The van der Waals surface area contributed by atoms with E-state index < -0.39 is 11.6 Å². The molecule has 1 saturated heterocycles. The molecule has 1 aromatic carbocycles. The average molecular weight is 335 g/mol. The maximum absolute atomic E-state index is 12.9. The van der Waals surface area contributed by atoms with Gasteiger partial charge < -0.3 is 9.84 Å². The zero-order chi connectivity index (χ0) is 16.6. The highest BCUT2D eigenvalue weighted by atomic mass is 35.5. The predicted molar refractivity (Wildman–Crippen MR) is 81.5 cm³/mol. The van der Waals surface area contributed by atoms with E-state index in [1.165, 1.54) is 0 Å². The van der Waals surface area contributed by atoms with Crippen LogP contribution in [0.1, 0.15) is 30.6 Å². The minimum Gasteiger partial charge on any atom is -0.337 e. The normalized spacial score (nSPS) is 20.9. The number of urea groups is 1. The van der Waals surface area contributed by atoms with E-state index in [-0.39, 0.29) is 18.3 Å². The highest BCUT2D eigenvalue weighted by molar-refractivity contribution is 6.30. The standard InChI is InChI=1S/C15H15ClN4O3/c1-3-15(10-4-6-11(16)7-5-10)13(21)20(14(22)18-15)8-12-17-9(2)19-23-12/h4-7H,3,8H2,1-2H3,(H,18,22)/t15-/m0/s1. The number of halogens is 1. The molecule has 0 bridgehead atoms. The fourth-order valence-corrected chi connectivity index (χ4v) is 2.81.